The Morgan fingerprint density at radius 1 is 1.03 bits per heavy atom. The van der Waals surface area contributed by atoms with Crippen LogP contribution in [0.1, 0.15) is 0 Å². The number of imidazole rings is 1. The Kier molecular flexibility index (Phi) is 5.94. The third-order valence-corrected chi connectivity index (χ3v) is 5.06. The van der Waals surface area contributed by atoms with Gasteiger partial charge in [0, 0.05) is 47.7 Å². The third kappa shape index (κ3) is 3.93. The topological polar surface area (TPSA) is 106 Å². The monoisotopic (exact) mass is 427 g/mol. The molecule has 8 nitrogen and oxygen atoms in total. The van der Waals surface area contributed by atoms with Crippen molar-refractivity contribution in [2.24, 2.45) is 7.05 Å². The van der Waals surface area contributed by atoms with E-state index in [9.17, 15) is 0 Å². The van der Waals surface area contributed by atoms with Crippen molar-refractivity contribution in [2.45, 2.75) is 0 Å². The van der Waals surface area contributed by atoms with E-state index in [2.05, 4.69) is 44.4 Å². The lowest BCUT2D eigenvalue weighted by atomic mass is 10.0. The molecule has 3 heterocycles. The molecule has 0 fully saturated rings. The number of ether oxygens (including phenoxy) is 1. The first kappa shape index (κ1) is 20.8. The van der Waals surface area contributed by atoms with Gasteiger partial charge in [-0.1, -0.05) is 30.3 Å². The van der Waals surface area contributed by atoms with E-state index in [1.807, 2.05) is 54.3 Å². The molecule has 0 aliphatic heterocycles. The molecule has 0 spiro atoms. The van der Waals surface area contributed by atoms with Gasteiger partial charge >= 0.3 is 0 Å². The summed E-state index contributed by atoms with van der Waals surface area (Å²) in [4.78, 5) is 17.4. The van der Waals surface area contributed by atoms with Gasteiger partial charge in [0.05, 0.1) is 12.8 Å². The largest absolute Gasteiger partial charge is 0.496 e. The third-order valence-electron chi connectivity index (χ3n) is 5.06. The predicted molar refractivity (Wildman–Crippen MR) is 122 cm³/mol. The molecule has 0 bridgehead atoms. The molecule has 0 atom stereocenters. The second-order valence-electron chi connectivity index (χ2n) is 6.94. The number of carbonyl (C=O) groups is 1. The smallest absolute Gasteiger partial charge is 0.290 e. The van der Waals surface area contributed by atoms with E-state index in [4.69, 9.17) is 14.6 Å². The standard InChI is InChI=1S/C23H19N5O.CH2O2/c1-28-11-10-24-23(28)16-7-5-6-15(12-16)17-13-19-21(26-27-22(19)25-14-17)18-8-3-4-9-20(18)29-2;2-1-3/h3-14H,1-2H3,(H,25,26,27);1H,(H,2,3). The summed E-state index contributed by atoms with van der Waals surface area (Å²) in [7, 11) is 3.66. The molecule has 8 heteroatoms. The van der Waals surface area contributed by atoms with Crippen molar-refractivity contribution >= 4 is 17.5 Å². The molecule has 0 radical (unpaired) electrons. The van der Waals surface area contributed by atoms with E-state index >= 15 is 0 Å². The fraction of sp³-hybridized carbons (Fsp3) is 0.0833. The van der Waals surface area contributed by atoms with Gasteiger partial charge in [-0.05, 0) is 29.8 Å². The molecule has 0 unspecified atom stereocenters. The van der Waals surface area contributed by atoms with Crippen LogP contribution in [0.2, 0.25) is 0 Å². The van der Waals surface area contributed by atoms with Crippen LogP contribution in [-0.4, -0.2) is 43.4 Å². The number of para-hydroxylation sites is 1. The molecule has 0 aliphatic rings. The van der Waals surface area contributed by atoms with E-state index in [1.165, 1.54) is 0 Å². The Labute approximate surface area is 184 Å². The highest BCUT2D eigenvalue weighted by molar-refractivity contribution is 5.94. The van der Waals surface area contributed by atoms with E-state index < -0.39 is 0 Å². The second-order valence-corrected chi connectivity index (χ2v) is 6.94. The van der Waals surface area contributed by atoms with Gasteiger partial charge in [0.1, 0.15) is 11.6 Å². The molecule has 0 aliphatic carbocycles. The lowest BCUT2D eigenvalue weighted by Crippen LogP contribution is -1.91. The van der Waals surface area contributed by atoms with Crippen molar-refractivity contribution < 1.29 is 14.6 Å². The average Bonchev–Trinajstić information content (AvgIpc) is 3.45. The SMILES string of the molecule is COc1ccccc1-c1[nH]nc2ncc(-c3cccc(-c4nccn4C)c3)cc12.O=CO. The highest BCUT2D eigenvalue weighted by Crippen LogP contribution is 2.34. The second kappa shape index (κ2) is 9.13. The lowest BCUT2D eigenvalue weighted by Gasteiger charge is -2.08. The Morgan fingerprint density at radius 2 is 1.81 bits per heavy atom. The van der Waals surface area contributed by atoms with Gasteiger partial charge in [0.25, 0.3) is 6.47 Å². The number of rotatable bonds is 4. The van der Waals surface area contributed by atoms with E-state index in [-0.39, 0.29) is 6.47 Å². The Morgan fingerprint density at radius 3 is 2.56 bits per heavy atom. The number of hydrogen-bond acceptors (Lipinski definition) is 5. The zero-order chi connectivity index (χ0) is 22.5. The Balaban J connectivity index is 0.000000775. The quantitative estimate of drug-likeness (QED) is 0.412. The number of aromatic nitrogens is 5. The predicted octanol–water partition coefficient (Wildman–Crippen LogP) is 4.40. The van der Waals surface area contributed by atoms with Crippen molar-refractivity contribution in [2.75, 3.05) is 7.11 Å². The molecular weight excluding hydrogens is 406 g/mol. The summed E-state index contributed by atoms with van der Waals surface area (Å²) in [5.41, 5.74) is 5.69. The van der Waals surface area contributed by atoms with Crippen molar-refractivity contribution in [1.82, 2.24) is 24.7 Å². The fourth-order valence-corrected chi connectivity index (χ4v) is 3.60. The van der Waals surface area contributed by atoms with E-state index in [0.29, 0.717) is 5.65 Å². The lowest BCUT2D eigenvalue weighted by molar-refractivity contribution is -0.122. The van der Waals surface area contributed by atoms with Crippen LogP contribution in [-0.2, 0) is 11.8 Å². The summed E-state index contributed by atoms with van der Waals surface area (Å²) in [5, 5.41) is 15.3. The molecular formula is C24H21N5O3. The maximum absolute atomic E-state index is 8.36. The molecule has 3 aromatic heterocycles. The van der Waals surface area contributed by atoms with Crippen LogP contribution in [0, 0.1) is 0 Å². The number of nitrogens with one attached hydrogen (secondary N) is 1. The maximum Gasteiger partial charge on any atom is 0.290 e. The number of nitrogens with zero attached hydrogens (tertiary/aromatic N) is 4. The molecule has 32 heavy (non-hydrogen) atoms. The molecule has 5 rings (SSSR count). The number of aromatic amines is 1. The molecule has 160 valence electrons. The first-order chi connectivity index (χ1) is 15.7. The van der Waals surface area contributed by atoms with Crippen LogP contribution in [0.5, 0.6) is 5.75 Å². The summed E-state index contributed by atoms with van der Waals surface area (Å²) >= 11 is 0. The minimum absolute atomic E-state index is 0.250. The van der Waals surface area contributed by atoms with Gasteiger partial charge in [0.15, 0.2) is 5.65 Å². The van der Waals surface area contributed by atoms with Crippen LogP contribution < -0.4 is 4.74 Å². The molecule has 2 N–H and O–H groups in total. The highest BCUT2D eigenvalue weighted by Gasteiger charge is 2.14. The zero-order valence-corrected chi connectivity index (χ0v) is 17.6. The van der Waals surface area contributed by atoms with Crippen LogP contribution in [0.25, 0.3) is 44.8 Å². The molecule has 2 aromatic carbocycles. The van der Waals surface area contributed by atoms with Crippen LogP contribution >= 0.6 is 0 Å². The zero-order valence-electron chi connectivity index (χ0n) is 17.6. The number of H-pyrrole nitrogens is 1. The van der Waals surface area contributed by atoms with Crippen LogP contribution in [0.4, 0.5) is 0 Å². The van der Waals surface area contributed by atoms with Gasteiger partial charge in [-0.3, -0.25) is 9.89 Å². The van der Waals surface area contributed by atoms with Crippen LogP contribution in [0.3, 0.4) is 0 Å². The number of hydrogen-bond donors (Lipinski definition) is 2. The van der Waals surface area contributed by atoms with E-state index in [0.717, 1.165) is 44.9 Å². The summed E-state index contributed by atoms with van der Waals surface area (Å²) in [5.74, 6) is 1.72. The maximum atomic E-state index is 8.36. The van der Waals surface area contributed by atoms with Crippen molar-refractivity contribution in [3.63, 3.8) is 0 Å². The summed E-state index contributed by atoms with van der Waals surface area (Å²) in [6.45, 7) is -0.250. The number of methoxy groups -OCH3 is 1. The van der Waals surface area contributed by atoms with Crippen molar-refractivity contribution in [3.8, 4) is 39.5 Å². The van der Waals surface area contributed by atoms with Crippen LogP contribution in [0.15, 0.2) is 73.2 Å². The fourth-order valence-electron chi connectivity index (χ4n) is 3.60. The van der Waals surface area contributed by atoms with Gasteiger partial charge in [0.2, 0.25) is 0 Å². The summed E-state index contributed by atoms with van der Waals surface area (Å²) in [6, 6.07) is 18.3. The number of fused-ring (bicyclic) bond motifs is 1. The molecule has 5 aromatic rings. The molecule has 0 saturated heterocycles. The van der Waals surface area contributed by atoms with Crippen molar-refractivity contribution in [1.29, 1.82) is 0 Å². The summed E-state index contributed by atoms with van der Waals surface area (Å²) < 4.78 is 7.53. The average molecular weight is 427 g/mol. The Bertz CT molecular complexity index is 1370. The summed E-state index contributed by atoms with van der Waals surface area (Å²) in [6.07, 6.45) is 5.61. The Hall–Kier alpha value is -4.46. The highest BCUT2D eigenvalue weighted by atomic mass is 16.5. The molecule has 0 saturated carbocycles. The van der Waals surface area contributed by atoms with Gasteiger partial charge in [-0.15, -0.1) is 0 Å². The first-order valence-corrected chi connectivity index (χ1v) is 9.79. The molecule has 0 amide bonds. The minimum atomic E-state index is -0.250. The van der Waals surface area contributed by atoms with Gasteiger partial charge in [-0.2, -0.15) is 5.10 Å². The first-order valence-electron chi connectivity index (χ1n) is 9.79. The normalized spacial score (nSPS) is 10.4. The van der Waals surface area contributed by atoms with Crippen molar-refractivity contribution in [3.05, 3.63) is 73.2 Å². The number of benzene rings is 2. The van der Waals surface area contributed by atoms with Gasteiger partial charge in [-0.25, -0.2) is 9.97 Å². The van der Waals surface area contributed by atoms with Gasteiger partial charge < -0.3 is 14.4 Å². The number of aryl methyl sites for hydroxylation is 1. The number of pyridine rings is 1. The number of carboxylic acid groups (broad SMARTS) is 1. The van der Waals surface area contributed by atoms with E-state index in [1.54, 1.807) is 13.3 Å². The minimum Gasteiger partial charge on any atom is -0.496 e.